The van der Waals surface area contributed by atoms with Crippen LogP contribution >= 0.6 is 22.6 Å². The molecule has 1 aromatic rings. The van der Waals surface area contributed by atoms with Gasteiger partial charge in [-0.05, 0) is 40.8 Å². The first-order valence-electron chi connectivity index (χ1n) is 4.29. The van der Waals surface area contributed by atoms with Crippen molar-refractivity contribution in [3.8, 4) is 0 Å². The van der Waals surface area contributed by atoms with Gasteiger partial charge in [-0.25, -0.2) is 0 Å². The zero-order valence-electron chi connectivity index (χ0n) is 8.37. The van der Waals surface area contributed by atoms with Crippen LogP contribution in [0.25, 0.3) is 0 Å². The number of nitrogens with zero attached hydrogens (tertiary/aromatic N) is 2. The third-order valence-corrected chi connectivity index (χ3v) is 2.68. The summed E-state index contributed by atoms with van der Waals surface area (Å²) in [6, 6.07) is 3.33. The van der Waals surface area contributed by atoms with E-state index in [-0.39, 0.29) is 5.96 Å². The maximum atomic E-state index is 12.4. The third kappa shape index (κ3) is 4.21. The first-order valence-corrected chi connectivity index (χ1v) is 5.37. The van der Waals surface area contributed by atoms with E-state index in [1.165, 1.54) is 6.07 Å². The van der Waals surface area contributed by atoms with Crippen LogP contribution in [0.1, 0.15) is 11.1 Å². The molecule has 0 atom stereocenters. The van der Waals surface area contributed by atoms with Gasteiger partial charge in [0.05, 0.1) is 11.8 Å². The molecule has 0 spiro atoms. The third-order valence-electron chi connectivity index (χ3n) is 1.69. The van der Waals surface area contributed by atoms with Crippen LogP contribution < -0.4 is 11.5 Å². The lowest BCUT2D eigenvalue weighted by Gasteiger charge is -2.07. The van der Waals surface area contributed by atoms with Crippen molar-refractivity contribution in [2.75, 3.05) is 0 Å². The summed E-state index contributed by atoms with van der Waals surface area (Å²) < 4.78 is 37.9. The molecule has 0 aromatic heterocycles. The fourth-order valence-corrected chi connectivity index (χ4v) is 1.45. The van der Waals surface area contributed by atoms with Crippen molar-refractivity contribution in [1.82, 2.24) is 0 Å². The van der Waals surface area contributed by atoms with Gasteiger partial charge in [-0.3, -0.25) is 0 Å². The van der Waals surface area contributed by atoms with Crippen molar-refractivity contribution < 1.29 is 13.2 Å². The first-order chi connectivity index (χ1) is 7.80. The second-order valence-corrected chi connectivity index (χ2v) is 4.17. The van der Waals surface area contributed by atoms with E-state index in [4.69, 9.17) is 11.5 Å². The Bertz CT molecular complexity index is 464. The average Bonchev–Trinajstić information content (AvgIpc) is 2.18. The summed E-state index contributed by atoms with van der Waals surface area (Å²) in [6.07, 6.45) is -3.22. The first kappa shape index (κ1) is 13.7. The van der Waals surface area contributed by atoms with E-state index in [9.17, 15) is 13.2 Å². The summed E-state index contributed by atoms with van der Waals surface area (Å²) in [5.74, 6) is -0.261. The Kier molecular flexibility index (Phi) is 4.32. The van der Waals surface area contributed by atoms with Crippen LogP contribution in [0.5, 0.6) is 0 Å². The fourth-order valence-electron chi connectivity index (χ4n) is 0.977. The van der Waals surface area contributed by atoms with Crippen molar-refractivity contribution in [2.45, 2.75) is 6.18 Å². The van der Waals surface area contributed by atoms with E-state index >= 15 is 0 Å². The normalized spacial score (nSPS) is 11.8. The van der Waals surface area contributed by atoms with Crippen molar-refractivity contribution in [3.63, 3.8) is 0 Å². The molecule has 4 N–H and O–H groups in total. The van der Waals surface area contributed by atoms with Crippen LogP contribution in [-0.2, 0) is 6.18 Å². The predicted molar refractivity (Wildman–Crippen MR) is 67.6 cm³/mol. The molecule has 0 saturated carbocycles. The van der Waals surface area contributed by atoms with E-state index in [0.29, 0.717) is 9.13 Å². The van der Waals surface area contributed by atoms with Gasteiger partial charge in [0.2, 0.25) is 5.96 Å². The molecule has 0 bridgehead atoms. The van der Waals surface area contributed by atoms with Crippen molar-refractivity contribution in [1.29, 1.82) is 0 Å². The highest BCUT2D eigenvalue weighted by Crippen LogP contribution is 2.30. The van der Waals surface area contributed by atoms with Gasteiger partial charge in [0, 0.05) is 9.13 Å². The monoisotopic (exact) mass is 356 g/mol. The molecule has 4 nitrogen and oxygen atoms in total. The smallest absolute Gasteiger partial charge is 0.369 e. The summed E-state index contributed by atoms with van der Waals surface area (Å²) >= 11 is 1.89. The molecule has 1 rings (SSSR count). The Labute approximate surface area is 109 Å². The molecular formula is C9H8F3IN4. The molecule has 0 fully saturated rings. The van der Waals surface area contributed by atoms with Gasteiger partial charge in [0.1, 0.15) is 0 Å². The molecule has 0 aliphatic heterocycles. The van der Waals surface area contributed by atoms with E-state index in [2.05, 4.69) is 10.2 Å². The molecule has 0 unspecified atom stereocenters. The van der Waals surface area contributed by atoms with Crippen molar-refractivity contribution >= 4 is 34.8 Å². The predicted octanol–water partition coefficient (Wildman–Crippen LogP) is 1.92. The fraction of sp³-hybridized carbons (Fsp3) is 0.111. The van der Waals surface area contributed by atoms with Gasteiger partial charge in [-0.1, -0.05) is 0 Å². The molecule has 92 valence electrons. The van der Waals surface area contributed by atoms with Crippen molar-refractivity contribution in [3.05, 3.63) is 32.9 Å². The van der Waals surface area contributed by atoms with E-state index in [0.717, 1.165) is 18.3 Å². The minimum absolute atomic E-state index is 0.261. The highest BCUT2D eigenvalue weighted by molar-refractivity contribution is 14.1. The molecule has 0 aliphatic rings. The average molecular weight is 356 g/mol. The second-order valence-electron chi connectivity index (χ2n) is 3.00. The lowest BCUT2D eigenvalue weighted by atomic mass is 10.1. The van der Waals surface area contributed by atoms with E-state index < -0.39 is 11.7 Å². The summed E-state index contributed by atoms with van der Waals surface area (Å²) in [5, 5.41) is 6.78. The Hall–Kier alpha value is -1.32. The van der Waals surface area contributed by atoms with Crippen LogP contribution in [0.15, 0.2) is 28.4 Å². The van der Waals surface area contributed by atoms with Gasteiger partial charge in [0.15, 0.2) is 0 Å². The Morgan fingerprint density at radius 2 is 1.94 bits per heavy atom. The standard InChI is InChI=1S/C9H8F3IN4/c10-9(11,12)6-1-2-7(13)5(3-6)4-16-17-8(14)15/h1-4H,(H4,14,15,17). The van der Waals surface area contributed by atoms with Crippen molar-refractivity contribution in [2.24, 2.45) is 21.7 Å². The maximum Gasteiger partial charge on any atom is 0.416 e. The molecule has 0 radical (unpaired) electrons. The lowest BCUT2D eigenvalue weighted by molar-refractivity contribution is -0.137. The Morgan fingerprint density at radius 3 is 2.47 bits per heavy atom. The largest absolute Gasteiger partial charge is 0.416 e. The number of guanidine groups is 1. The quantitative estimate of drug-likeness (QED) is 0.368. The number of benzene rings is 1. The van der Waals surface area contributed by atoms with Gasteiger partial charge in [-0.15, -0.1) is 5.10 Å². The van der Waals surface area contributed by atoms with E-state index in [1.54, 1.807) is 0 Å². The molecule has 0 saturated heterocycles. The minimum atomic E-state index is -4.39. The molecule has 0 amide bonds. The second kappa shape index (κ2) is 5.34. The topological polar surface area (TPSA) is 76.8 Å². The van der Waals surface area contributed by atoms with Gasteiger partial charge in [0.25, 0.3) is 0 Å². The number of hydrogen-bond acceptors (Lipinski definition) is 2. The van der Waals surface area contributed by atoms with Gasteiger partial charge >= 0.3 is 6.18 Å². The number of hydrogen-bond donors (Lipinski definition) is 2. The Balaban J connectivity index is 3.08. The van der Waals surface area contributed by atoms with Crippen LogP contribution in [-0.4, -0.2) is 12.2 Å². The molecule has 17 heavy (non-hydrogen) atoms. The van der Waals surface area contributed by atoms with E-state index in [1.807, 2.05) is 22.6 Å². The zero-order valence-corrected chi connectivity index (χ0v) is 10.5. The van der Waals surface area contributed by atoms with Gasteiger partial charge < -0.3 is 11.5 Å². The number of alkyl halides is 3. The van der Waals surface area contributed by atoms with Crippen LogP contribution in [0.2, 0.25) is 0 Å². The Morgan fingerprint density at radius 1 is 1.29 bits per heavy atom. The summed E-state index contributed by atoms with van der Waals surface area (Å²) in [5.41, 5.74) is 9.60. The zero-order chi connectivity index (χ0) is 13.1. The molecule has 1 aromatic carbocycles. The maximum absolute atomic E-state index is 12.4. The highest BCUT2D eigenvalue weighted by Gasteiger charge is 2.30. The molecular weight excluding hydrogens is 348 g/mol. The summed E-state index contributed by atoms with van der Waals surface area (Å²) in [4.78, 5) is 0. The number of rotatable bonds is 2. The molecule has 0 aliphatic carbocycles. The van der Waals surface area contributed by atoms with Gasteiger partial charge in [-0.2, -0.15) is 18.3 Å². The number of halogens is 4. The minimum Gasteiger partial charge on any atom is -0.369 e. The van der Waals surface area contributed by atoms with Crippen LogP contribution in [0, 0.1) is 3.57 Å². The lowest BCUT2D eigenvalue weighted by Crippen LogP contribution is -2.21. The summed E-state index contributed by atoms with van der Waals surface area (Å²) in [6.45, 7) is 0. The highest BCUT2D eigenvalue weighted by atomic mass is 127. The molecule has 0 heterocycles. The van der Waals surface area contributed by atoms with Crippen LogP contribution in [0.3, 0.4) is 0 Å². The summed E-state index contributed by atoms with van der Waals surface area (Å²) in [7, 11) is 0. The molecule has 8 heteroatoms. The SMILES string of the molecule is NC(N)=NN=Cc1cc(C(F)(F)F)ccc1I. The number of nitrogens with two attached hydrogens (primary N) is 2. The van der Waals surface area contributed by atoms with Crippen LogP contribution in [0.4, 0.5) is 13.2 Å².